The van der Waals surface area contributed by atoms with Crippen LogP contribution in [0.5, 0.6) is 0 Å². The van der Waals surface area contributed by atoms with Crippen LogP contribution in [-0.4, -0.2) is 81.2 Å². The zero-order chi connectivity index (χ0) is 45.9. The number of hydrogen-bond donors (Lipinski definition) is 1. The van der Waals surface area contributed by atoms with Crippen LogP contribution in [0.4, 0.5) is 0 Å². The molecule has 11 nitrogen and oxygen atoms in total. The first-order valence-corrected chi connectivity index (χ1v) is 25.6. The summed E-state index contributed by atoms with van der Waals surface area (Å²) in [5.41, 5.74) is 2.68. The smallest absolute Gasteiger partial charge is 0.306 e. The van der Waals surface area contributed by atoms with Crippen molar-refractivity contribution in [1.29, 1.82) is 0 Å². The number of allylic oxidation sites excluding steroid dienone is 5. The largest absolute Gasteiger partial charge is 0.756 e. The molecule has 3 atom stereocenters. The lowest BCUT2D eigenvalue weighted by Gasteiger charge is -2.28. The lowest BCUT2D eigenvalue weighted by molar-refractivity contribution is -0.870. The minimum Gasteiger partial charge on any atom is -0.756 e. The Morgan fingerprint density at radius 2 is 1.26 bits per heavy atom. The van der Waals surface area contributed by atoms with E-state index < -0.39 is 38.6 Å². The summed E-state index contributed by atoms with van der Waals surface area (Å²) >= 11 is 0. The number of aryl methyl sites for hydroxylation is 2. The van der Waals surface area contributed by atoms with Gasteiger partial charge in [-0.25, -0.2) is 0 Å². The van der Waals surface area contributed by atoms with Gasteiger partial charge in [0.2, 0.25) is 0 Å². The van der Waals surface area contributed by atoms with Gasteiger partial charge < -0.3 is 37.4 Å². The van der Waals surface area contributed by atoms with Crippen LogP contribution in [0.3, 0.4) is 0 Å². The Labute approximate surface area is 377 Å². The number of phosphoric ester groups is 1. The summed E-state index contributed by atoms with van der Waals surface area (Å²) in [6.45, 7) is 8.32. The molecular weight excluding hydrogens is 806 g/mol. The van der Waals surface area contributed by atoms with Crippen LogP contribution in [0, 0.1) is 13.8 Å². The van der Waals surface area contributed by atoms with E-state index in [9.17, 15) is 24.2 Å². The lowest BCUT2D eigenvalue weighted by Crippen LogP contribution is -2.37. The fourth-order valence-electron chi connectivity index (χ4n) is 6.90. The molecule has 0 aliphatic rings. The van der Waals surface area contributed by atoms with E-state index in [0.717, 1.165) is 77.0 Å². The number of hydrogen-bond acceptors (Lipinski definition) is 10. The molecule has 62 heavy (non-hydrogen) atoms. The van der Waals surface area contributed by atoms with Gasteiger partial charge >= 0.3 is 11.9 Å². The van der Waals surface area contributed by atoms with E-state index >= 15 is 0 Å². The third kappa shape index (κ3) is 32.2. The van der Waals surface area contributed by atoms with Crippen molar-refractivity contribution in [2.75, 3.05) is 47.5 Å². The van der Waals surface area contributed by atoms with Crippen molar-refractivity contribution in [3.63, 3.8) is 0 Å². The molecule has 0 saturated carbocycles. The molecule has 0 saturated heterocycles. The molecule has 0 bridgehead atoms. The molecular formula is C50H88NO10P. The normalized spacial score (nSPS) is 14.3. The standard InChI is InChI=1S/C50H88NO10P/c1-8-10-12-13-18-22-28-33-45(52)34-29-23-21-26-31-37-49(53)57-41-46(42-59-62(55,56)58-40-39-51(5,6)7)60-50(54)38-32-25-20-17-15-14-16-19-24-30-36-48-44(4)43(3)47(61-48)35-27-11-9-2/h10,12,18,22,28,33,45-46,52H,8-9,11,13-17,19-21,23-27,29-32,34-42H2,1-7H3/b12-10+,22-18+,33-28+/t45?,46-/m1/s1. The molecule has 12 heteroatoms. The van der Waals surface area contributed by atoms with Gasteiger partial charge in [0.05, 0.1) is 33.9 Å². The number of aliphatic hydroxyl groups is 1. The van der Waals surface area contributed by atoms with Crippen molar-refractivity contribution in [2.45, 2.75) is 200 Å². The van der Waals surface area contributed by atoms with Crippen LogP contribution in [0.1, 0.15) is 184 Å². The quantitative estimate of drug-likeness (QED) is 0.0169. The molecule has 1 rings (SSSR count). The number of rotatable bonds is 40. The third-order valence-electron chi connectivity index (χ3n) is 11.0. The van der Waals surface area contributed by atoms with Gasteiger partial charge in [0, 0.05) is 25.7 Å². The van der Waals surface area contributed by atoms with Crippen molar-refractivity contribution in [1.82, 2.24) is 0 Å². The lowest BCUT2D eigenvalue weighted by atomic mass is 10.0. The van der Waals surface area contributed by atoms with Gasteiger partial charge in [-0.1, -0.05) is 140 Å². The summed E-state index contributed by atoms with van der Waals surface area (Å²) in [6, 6.07) is 0. The molecule has 1 aromatic rings. The molecule has 0 amide bonds. The number of esters is 2. The average molecular weight is 894 g/mol. The first-order chi connectivity index (χ1) is 29.7. The summed E-state index contributed by atoms with van der Waals surface area (Å²) in [7, 11) is 1.09. The highest BCUT2D eigenvalue weighted by atomic mass is 31.2. The summed E-state index contributed by atoms with van der Waals surface area (Å²) in [4.78, 5) is 37.7. The number of carbonyl (C=O) groups excluding carboxylic acids is 2. The van der Waals surface area contributed by atoms with Crippen LogP contribution in [0.15, 0.2) is 40.9 Å². The Bertz CT molecular complexity index is 1450. The fourth-order valence-corrected chi connectivity index (χ4v) is 7.63. The van der Waals surface area contributed by atoms with Crippen molar-refractivity contribution < 1.29 is 51.6 Å². The molecule has 1 aromatic heterocycles. The Balaban J connectivity index is 2.34. The number of furan rings is 1. The number of ether oxygens (including phenoxy) is 2. The second-order valence-electron chi connectivity index (χ2n) is 17.9. The van der Waals surface area contributed by atoms with E-state index in [-0.39, 0.29) is 26.1 Å². The van der Waals surface area contributed by atoms with Crippen molar-refractivity contribution in [3.8, 4) is 0 Å². The second kappa shape index (κ2) is 35.8. The number of quaternary nitrogens is 1. The first kappa shape index (κ1) is 57.5. The molecule has 2 unspecified atom stereocenters. The number of aliphatic hydroxyl groups excluding tert-OH is 1. The number of nitrogens with zero attached hydrogens (tertiary/aromatic N) is 1. The zero-order valence-electron chi connectivity index (χ0n) is 40.1. The SMILES string of the molecule is CC/C=C/C/C=C/C=C/C(O)CCCCCCCC(=O)OC[C@H](COP(=O)([O-])OCC[N+](C)(C)C)OC(=O)CCCCCCCCCCCCc1oc(CCCCC)c(C)c1C. The van der Waals surface area contributed by atoms with Gasteiger partial charge in [-0.3, -0.25) is 14.2 Å². The summed E-state index contributed by atoms with van der Waals surface area (Å²) in [6.07, 6.45) is 34.4. The Morgan fingerprint density at radius 1 is 0.710 bits per heavy atom. The maximum Gasteiger partial charge on any atom is 0.306 e. The van der Waals surface area contributed by atoms with Gasteiger partial charge in [-0.2, -0.15) is 0 Å². The molecule has 0 aliphatic heterocycles. The molecule has 0 spiro atoms. The Kier molecular flexibility index (Phi) is 33.2. The van der Waals surface area contributed by atoms with E-state index in [4.69, 9.17) is 22.9 Å². The molecule has 0 aliphatic carbocycles. The topological polar surface area (TPSA) is 145 Å². The second-order valence-corrected chi connectivity index (χ2v) is 19.3. The minimum absolute atomic E-state index is 0.0532. The zero-order valence-corrected chi connectivity index (χ0v) is 41.0. The summed E-state index contributed by atoms with van der Waals surface area (Å²) in [5, 5.41) is 10.2. The Morgan fingerprint density at radius 3 is 1.84 bits per heavy atom. The number of unbranched alkanes of at least 4 members (excludes halogenated alkanes) is 15. The van der Waals surface area contributed by atoms with Gasteiger partial charge in [0.25, 0.3) is 7.82 Å². The van der Waals surface area contributed by atoms with E-state index in [1.54, 1.807) is 6.08 Å². The number of carbonyl (C=O) groups is 2. The van der Waals surface area contributed by atoms with Crippen LogP contribution >= 0.6 is 7.82 Å². The molecule has 358 valence electrons. The Hall–Kier alpha value is -2.53. The van der Waals surface area contributed by atoms with E-state index in [2.05, 4.69) is 45.9 Å². The van der Waals surface area contributed by atoms with Crippen LogP contribution < -0.4 is 4.89 Å². The van der Waals surface area contributed by atoms with Gasteiger partial charge in [-0.15, -0.1) is 0 Å². The summed E-state index contributed by atoms with van der Waals surface area (Å²) < 4.78 is 40.2. The van der Waals surface area contributed by atoms with E-state index in [0.29, 0.717) is 30.3 Å². The van der Waals surface area contributed by atoms with Crippen molar-refractivity contribution >= 4 is 19.8 Å². The average Bonchev–Trinajstić information content (AvgIpc) is 3.48. The van der Waals surface area contributed by atoms with Gasteiger partial charge in [-0.05, 0) is 69.9 Å². The third-order valence-corrected chi connectivity index (χ3v) is 11.9. The molecule has 0 radical (unpaired) electrons. The van der Waals surface area contributed by atoms with Gasteiger partial charge in [0.1, 0.15) is 31.3 Å². The number of phosphoric acid groups is 1. The van der Waals surface area contributed by atoms with Gasteiger partial charge in [0.15, 0.2) is 6.10 Å². The van der Waals surface area contributed by atoms with Crippen LogP contribution in [-0.2, 0) is 45.5 Å². The van der Waals surface area contributed by atoms with Crippen molar-refractivity contribution in [2.24, 2.45) is 0 Å². The highest BCUT2D eigenvalue weighted by Crippen LogP contribution is 2.38. The predicted octanol–water partition coefficient (Wildman–Crippen LogP) is 11.7. The first-order valence-electron chi connectivity index (χ1n) is 24.2. The molecule has 1 N–H and O–H groups in total. The monoisotopic (exact) mass is 894 g/mol. The maximum absolute atomic E-state index is 12.8. The van der Waals surface area contributed by atoms with Crippen molar-refractivity contribution in [3.05, 3.63) is 59.1 Å². The highest BCUT2D eigenvalue weighted by Gasteiger charge is 2.22. The van der Waals surface area contributed by atoms with Crippen LogP contribution in [0.25, 0.3) is 0 Å². The molecule has 1 heterocycles. The number of likely N-dealkylation sites (N-methyl/N-ethyl adjacent to an activating group) is 1. The van der Waals surface area contributed by atoms with Crippen LogP contribution in [0.2, 0.25) is 0 Å². The molecule has 0 fully saturated rings. The predicted molar refractivity (Wildman–Crippen MR) is 250 cm³/mol. The fraction of sp³-hybridized carbons (Fsp3) is 0.760. The maximum atomic E-state index is 12.8. The minimum atomic E-state index is -4.66. The summed E-state index contributed by atoms with van der Waals surface area (Å²) in [5.74, 6) is 1.44. The molecule has 0 aromatic carbocycles. The van der Waals surface area contributed by atoms with E-state index in [1.165, 1.54) is 74.0 Å². The van der Waals surface area contributed by atoms with E-state index in [1.807, 2.05) is 33.3 Å². The highest BCUT2D eigenvalue weighted by molar-refractivity contribution is 7.45.